The summed E-state index contributed by atoms with van der Waals surface area (Å²) in [6.07, 6.45) is 0. The van der Waals surface area contributed by atoms with Gasteiger partial charge in [0.15, 0.2) is 0 Å². The highest BCUT2D eigenvalue weighted by atomic mass is 79.9. The molecule has 0 radical (unpaired) electrons. The molecule has 7 heteroatoms. The number of phenolic OH excluding ortho intramolecular Hbond substituents is 1. The fraction of sp³-hybridized carbons (Fsp3) is 0.143. The average molecular weight is 371 g/mol. The monoisotopic (exact) mass is 370 g/mol. The smallest absolute Gasteiger partial charge is 0.245 e. The fourth-order valence-corrected chi connectivity index (χ4v) is 3.51. The van der Waals surface area contributed by atoms with Crippen LogP contribution in [-0.4, -0.2) is 24.9 Å². The molecule has 21 heavy (non-hydrogen) atoms. The molecule has 0 unspecified atom stereocenters. The van der Waals surface area contributed by atoms with Crippen LogP contribution in [0.1, 0.15) is 5.56 Å². The van der Waals surface area contributed by atoms with E-state index < -0.39 is 10.0 Å². The summed E-state index contributed by atoms with van der Waals surface area (Å²) in [6, 6.07) is 11.2. The molecule has 0 fully saturated rings. The first-order chi connectivity index (χ1) is 9.82. The molecule has 0 saturated carbocycles. The van der Waals surface area contributed by atoms with Gasteiger partial charge in [0.05, 0.1) is 5.69 Å². The van der Waals surface area contributed by atoms with Crippen molar-refractivity contribution >= 4 is 31.6 Å². The van der Waals surface area contributed by atoms with E-state index in [1.54, 1.807) is 30.3 Å². The van der Waals surface area contributed by atoms with Crippen LogP contribution in [0.25, 0.3) is 0 Å². The molecule has 0 aromatic heterocycles. The Morgan fingerprint density at radius 2 is 1.90 bits per heavy atom. The molecular weight excluding hydrogens is 356 g/mol. The zero-order valence-corrected chi connectivity index (χ0v) is 13.7. The second-order valence-corrected chi connectivity index (χ2v) is 7.50. The highest BCUT2D eigenvalue weighted by molar-refractivity contribution is 9.10. The summed E-state index contributed by atoms with van der Waals surface area (Å²) < 4.78 is 26.9. The van der Waals surface area contributed by atoms with Gasteiger partial charge in [0, 0.05) is 23.6 Å². The van der Waals surface area contributed by atoms with Crippen LogP contribution in [-0.2, 0) is 16.6 Å². The number of hydrogen-bond acceptors (Lipinski definition) is 4. The molecule has 0 spiro atoms. The van der Waals surface area contributed by atoms with Gasteiger partial charge in [0.2, 0.25) is 10.0 Å². The highest BCUT2D eigenvalue weighted by Crippen LogP contribution is 2.27. The maximum atomic E-state index is 12.5. The summed E-state index contributed by atoms with van der Waals surface area (Å²) in [5, 5.41) is 9.73. The number of aromatic hydroxyl groups is 1. The van der Waals surface area contributed by atoms with E-state index in [1.807, 2.05) is 0 Å². The maximum Gasteiger partial charge on any atom is 0.245 e. The van der Waals surface area contributed by atoms with Crippen molar-refractivity contribution < 1.29 is 13.5 Å². The summed E-state index contributed by atoms with van der Waals surface area (Å²) in [6.45, 7) is 0.0600. The molecule has 0 amide bonds. The second-order valence-electron chi connectivity index (χ2n) is 4.57. The van der Waals surface area contributed by atoms with Gasteiger partial charge in [-0.3, -0.25) is 0 Å². The molecular formula is C14H15BrN2O3S. The van der Waals surface area contributed by atoms with Crippen LogP contribution in [0.4, 0.5) is 5.69 Å². The van der Waals surface area contributed by atoms with Gasteiger partial charge < -0.3 is 10.8 Å². The number of nitrogens with two attached hydrogens (primary N) is 1. The number of para-hydroxylation sites is 1. The zero-order chi connectivity index (χ0) is 15.6. The van der Waals surface area contributed by atoms with E-state index in [-0.39, 0.29) is 22.9 Å². The Labute approximate surface area is 132 Å². The summed E-state index contributed by atoms with van der Waals surface area (Å²) in [5.41, 5.74) is 6.49. The molecule has 2 aromatic carbocycles. The van der Waals surface area contributed by atoms with E-state index in [0.717, 1.165) is 4.31 Å². The number of anilines is 1. The SMILES string of the molecule is CN(Cc1ccccc1O)S(=O)(=O)c1ccc(Br)cc1N. The Kier molecular flexibility index (Phi) is 4.55. The Morgan fingerprint density at radius 3 is 2.52 bits per heavy atom. The first-order valence-electron chi connectivity index (χ1n) is 6.10. The van der Waals surface area contributed by atoms with Gasteiger partial charge >= 0.3 is 0 Å². The first-order valence-corrected chi connectivity index (χ1v) is 8.34. The number of halogens is 1. The number of benzene rings is 2. The molecule has 0 bridgehead atoms. The van der Waals surface area contributed by atoms with Crippen LogP contribution >= 0.6 is 15.9 Å². The van der Waals surface area contributed by atoms with Crippen LogP contribution in [0, 0.1) is 0 Å². The molecule has 2 aromatic rings. The lowest BCUT2D eigenvalue weighted by Crippen LogP contribution is -2.27. The highest BCUT2D eigenvalue weighted by Gasteiger charge is 2.24. The number of nitrogen functional groups attached to an aromatic ring is 1. The van der Waals surface area contributed by atoms with E-state index >= 15 is 0 Å². The Morgan fingerprint density at radius 1 is 1.24 bits per heavy atom. The topological polar surface area (TPSA) is 83.6 Å². The number of phenols is 1. The molecule has 112 valence electrons. The Balaban J connectivity index is 2.33. The molecule has 0 saturated heterocycles. The van der Waals surface area contributed by atoms with Gasteiger partial charge in [-0.05, 0) is 24.3 Å². The first kappa shape index (κ1) is 15.8. The second kappa shape index (κ2) is 6.05. The van der Waals surface area contributed by atoms with Crippen LogP contribution in [0.3, 0.4) is 0 Å². The predicted octanol–water partition coefficient (Wildman–Crippen LogP) is 2.56. The van der Waals surface area contributed by atoms with E-state index in [4.69, 9.17) is 5.73 Å². The van der Waals surface area contributed by atoms with Crippen LogP contribution in [0.2, 0.25) is 0 Å². The van der Waals surface area contributed by atoms with Crippen molar-refractivity contribution in [2.45, 2.75) is 11.4 Å². The maximum absolute atomic E-state index is 12.5. The summed E-state index contributed by atoms with van der Waals surface area (Å²) >= 11 is 3.24. The van der Waals surface area contributed by atoms with Crippen LogP contribution < -0.4 is 5.73 Å². The zero-order valence-electron chi connectivity index (χ0n) is 11.3. The third-order valence-electron chi connectivity index (χ3n) is 3.04. The molecule has 3 N–H and O–H groups in total. The summed E-state index contributed by atoms with van der Waals surface area (Å²) in [7, 11) is -2.28. The normalized spacial score (nSPS) is 11.8. The average Bonchev–Trinajstić information content (AvgIpc) is 2.40. The predicted molar refractivity (Wildman–Crippen MR) is 85.3 cm³/mol. The van der Waals surface area contributed by atoms with Crippen LogP contribution in [0.5, 0.6) is 5.75 Å². The number of hydrogen-bond donors (Lipinski definition) is 2. The largest absolute Gasteiger partial charge is 0.508 e. The van der Waals surface area contributed by atoms with Crippen molar-refractivity contribution in [2.75, 3.05) is 12.8 Å². The lowest BCUT2D eigenvalue weighted by Gasteiger charge is -2.19. The van der Waals surface area contributed by atoms with Gasteiger partial charge in [-0.2, -0.15) is 4.31 Å². The standard InChI is InChI=1S/C14H15BrN2O3S/c1-17(9-10-4-2-3-5-13(10)18)21(19,20)14-7-6-11(15)8-12(14)16/h2-8,18H,9,16H2,1H3. The number of nitrogens with zero attached hydrogens (tertiary/aromatic N) is 1. The molecule has 0 heterocycles. The summed E-state index contributed by atoms with van der Waals surface area (Å²) in [4.78, 5) is 0.0450. The fourth-order valence-electron chi connectivity index (χ4n) is 1.89. The van der Waals surface area contributed by atoms with Crippen LogP contribution in [0.15, 0.2) is 51.8 Å². The lowest BCUT2D eigenvalue weighted by molar-refractivity contribution is 0.436. The van der Waals surface area contributed by atoms with Crippen molar-refractivity contribution in [3.05, 3.63) is 52.5 Å². The van der Waals surface area contributed by atoms with E-state index in [2.05, 4.69) is 15.9 Å². The summed E-state index contributed by atoms with van der Waals surface area (Å²) in [5.74, 6) is 0.0586. The molecule has 5 nitrogen and oxygen atoms in total. The number of rotatable bonds is 4. The lowest BCUT2D eigenvalue weighted by atomic mass is 10.2. The van der Waals surface area contributed by atoms with E-state index in [1.165, 1.54) is 19.2 Å². The number of sulfonamides is 1. The Hall–Kier alpha value is -1.57. The molecule has 0 aliphatic heterocycles. The minimum Gasteiger partial charge on any atom is -0.508 e. The van der Waals surface area contributed by atoms with E-state index in [0.29, 0.717) is 10.0 Å². The molecule has 2 rings (SSSR count). The van der Waals surface area contributed by atoms with Crippen molar-refractivity contribution in [1.82, 2.24) is 4.31 Å². The van der Waals surface area contributed by atoms with Gasteiger partial charge in [-0.15, -0.1) is 0 Å². The van der Waals surface area contributed by atoms with Gasteiger partial charge in [-0.25, -0.2) is 8.42 Å². The van der Waals surface area contributed by atoms with Crippen molar-refractivity contribution in [3.63, 3.8) is 0 Å². The van der Waals surface area contributed by atoms with Crippen molar-refractivity contribution in [3.8, 4) is 5.75 Å². The quantitative estimate of drug-likeness (QED) is 0.810. The van der Waals surface area contributed by atoms with Crippen molar-refractivity contribution in [1.29, 1.82) is 0 Å². The van der Waals surface area contributed by atoms with Gasteiger partial charge in [-0.1, -0.05) is 34.1 Å². The molecule has 0 aliphatic rings. The molecule has 0 aliphatic carbocycles. The van der Waals surface area contributed by atoms with Gasteiger partial charge in [0.1, 0.15) is 10.6 Å². The molecule has 0 atom stereocenters. The minimum absolute atomic E-state index is 0.0450. The minimum atomic E-state index is -3.72. The van der Waals surface area contributed by atoms with Crippen molar-refractivity contribution in [2.24, 2.45) is 0 Å². The van der Waals surface area contributed by atoms with Gasteiger partial charge in [0.25, 0.3) is 0 Å². The Bertz CT molecular complexity index is 763. The van der Waals surface area contributed by atoms with E-state index in [9.17, 15) is 13.5 Å². The third kappa shape index (κ3) is 3.37. The third-order valence-corrected chi connectivity index (χ3v) is 5.42.